The molecular weight excluding hydrogens is 278 g/mol. The van der Waals surface area contributed by atoms with Crippen molar-refractivity contribution in [2.45, 2.75) is 57.0 Å². The highest BCUT2D eigenvalue weighted by molar-refractivity contribution is 5.70. The van der Waals surface area contributed by atoms with Crippen LogP contribution in [0.3, 0.4) is 0 Å². The van der Waals surface area contributed by atoms with E-state index in [2.05, 4.69) is 9.80 Å². The summed E-state index contributed by atoms with van der Waals surface area (Å²) in [5.41, 5.74) is 5.63. The number of aliphatic carboxylic acids is 1. The Bertz CT molecular complexity index is 368. The summed E-state index contributed by atoms with van der Waals surface area (Å²) in [6.07, 6.45) is 7.76. The predicted molar refractivity (Wildman–Crippen MR) is 86.7 cm³/mol. The van der Waals surface area contributed by atoms with Gasteiger partial charge in [-0.3, -0.25) is 14.6 Å². The van der Waals surface area contributed by atoms with Crippen LogP contribution in [-0.2, 0) is 4.79 Å². The van der Waals surface area contributed by atoms with Gasteiger partial charge in [-0.2, -0.15) is 0 Å². The molecule has 2 saturated carbocycles. The first kappa shape index (κ1) is 16.2. The lowest BCUT2D eigenvalue weighted by molar-refractivity contribution is -0.143. The maximum atomic E-state index is 11.0. The van der Waals surface area contributed by atoms with Crippen LogP contribution in [0.15, 0.2) is 0 Å². The van der Waals surface area contributed by atoms with Crippen molar-refractivity contribution in [3.05, 3.63) is 0 Å². The predicted octanol–water partition coefficient (Wildman–Crippen LogP) is 1.37. The highest BCUT2D eigenvalue weighted by atomic mass is 16.4. The molecule has 0 aromatic rings. The Morgan fingerprint density at radius 3 is 2.00 bits per heavy atom. The Kier molecular flexibility index (Phi) is 5.37. The van der Waals surface area contributed by atoms with Crippen LogP contribution in [0.4, 0.5) is 0 Å². The zero-order valence-corrected chi connectivity index (χ0v) is 13.6. The Hall–Kier alpha value is -0.650. The van der Waals surface area contributed by atoms with Gasteiger partial charge in [0, 0.05) is 38.3 Å². The molecule has 0 amide bonds. The van der Waals surface area contributed by atoms with Gasteiger partial charge in [0.2, 0.25) is 0 Å². The summed E-state index contributed by atoms with van der Waals surface area (Å²) in [7, 11) is 0. The lowest BCUT2D eigenvalue weighted by Crippen LogP contribution is -2.56. The van der Waals surface area contributed by atoms with Gasteiger partial charge < -0.3 is 10.8 Å². The SMILES string of the molecule is NCCC1CC(N2CCN(C3CCC(C(=O)O)CC3)CC2)C1. The van der Waals surface area contributed by atoms with Gasteiger partial charge in [-0.05, 0) is 57.4 Å². The number of piperazine rings is 1. The number of nitrogens with two attached hydrogens (primary N) is 1. The first-order chi connectivity index (χ1) is 10.7. The third-order valence-corrected chi connectivity index (χ3v) is 6.21. The molecule has 1 heterocycles. The molecule has 3 fully saturated rings. The number of nitrogens with zero attached hydrogens (tertiary/aromatic N) is 2. The molecule has 3 aliphatic rings. The van der Waals surface area contributed by atoms with E-state index in [4.69, 9.17) is 10.8 Å². The van der Waals surface area contributed by atoms with Gasteiger partial charge in [0.15, 0.2) is 0 Å². The molecule has 0 aromatic carbocycles. The van der Waals surface area contributed by atoms with Gasteiger partial charge in [-0.25, -0.2) is 0 Å². The van der Waals surface area contributed by atoms with Crippen LogP contribution in [0.25, 0.3) is 0 Å². The second-order valence-electron chi connectivity index (χ2n) is 7.48. The van der Waals surface area contributed by atoms with Crippen molar-refractivity contribution in [2.75, 3.05) is 32.7 Å². The van der Waals surface area contributed by atoms with E-state index in [9.17, 15) is 4.79 Å². The normalized spacial score (nSPS) is 37.7. The van der Waals surface area contributed by atoms with Gasteiger partial charge in [-0.15, -0.1) is 0 Å². The average molecular weight is 309 g/mol. The molecule has 126 valence electrons. The Morgan fingerprint density at radius 1 is 0.955 bits per heavy atom. The second-order valence-corrected chi connectivity index (χ2v) is 7.48. The van der Waals surface area contributed by atoms with E-state index in [-0.39, 0.29) is 5.92 Å². The highest BCUT2D eigenvalue weighted by Crippen LogP contribution is 2.35. The van der Waals surface area contributed by atoms with E-state index in [1.54, 1.807) is 0 Å². The number of hydrogen-bond donors (Lipinski definition) is 2. The van der Waals surface area contributed by atoms with Crippen LogP contribution in [0, 0.1) is 11.8 Å². The minimum atomic E-state index is -0.597. The lowest BCUT2D eigenvalue weighted by Gasteiger charge is -2.48. The molecule has 22 heavy (non-hydrogen) atoms. The summed E-state index contributed by atoms with van der Waals surface area (Å²) in [5.74, 6) is 0.187. The van der Waals surface area contributed by atoms with Crippen molar-refractivity contribution in [1.29, 1.82) is 0 Å². The van der Waals surface area contributed by atoms with Crippen molar-refractivity contribution >= 4 is 5.97 Å². The standard InChI is InChI=1S/C17H31N3O2/c18-6-5-13-11-16(12-13)20-9-7-19(8-10-20)15-3-1-14(2-4-15)17(21)22/h13-16H,1-12,18H2,(H,21,22). The van der Waals surface area contributed by atoms with Crippen LogP contribution in [-0.4, -0.2) is 65.7 Å². The zero-order valence-electron chi connectivity index (χ0n) is 13.6. The summed E-state index contributed by atoms with van der Waals surface area (Å²) in [6.45, 7) is 5.56. The molecule has 5 nitrogen and oxygen atoms in total. The van der Waals surface area contributed by atoms with Crippen molar-refractivity contribution < 1.29 is 9.90 Å². The monoisotopic (exact) mass is 309 g/mol. The lowest BCUT2D eigenvalue weighted by atomic mass is 9.77. The fourth-order valence-corrected chi connectivity index (χ4v) is 4.63. The molecule has 0 atom stereocenters. The minimum Gasteiger partial charge on any atom is -0.481 e. The average Bonchev–Trinajstić information content (AvgIpc) is 2.51. The molecule has 3 N–H and O–H groups in total. The van der Waals surface area contributed by atoms with Crippen LogP contribution in [0.1, 0.15) is 44.9 Å². The topological polar surface area (TPSA) is 69.8 Å². The molecule has 0 spiro atoms. The number of hydrogen-bond acceptors (Lipinski definition) is 4. The summed E-state index contributed by atoms with van der Waals surface area (Å²) >= 11 is 0. The van der Waals surface area contributed by atoms with Crippen molar-refractivity contribution in [1.82, 2.24) is 9.80 Å². The van der Waals surface area contributed by atoms with Gasteiger partial charge in [0.1, 0.15) is 0 Å². The van der Waals surface area contributed by atoms with E-state index in [1.165, 1.54) is 45.4 Å². The first-order valence-electron chi connectivity index (χ1n) is 9.08. The summed E-state index contributed by atoms with van der Waals surface area (Å²) in [6, 6.07) is 1.44. The van der Waals surface area contributed by atoms with E-state index < -0.39 is 5.97 Å². The smallest absolute Gasteiger partial charge is 0.306 e. The Morgan fingerprint density at radius 2 is 1.50 bits per heavy atom. The molecule has 1 aliphatic heterocycles. The van der Waals surface area contributed by atoms with E-state index >= 15 is 0 Å². The fraction of sp³-hybridized carbons (Fsp3) is 0.941. The Labute approximate surface area is 133 Å². The van der Waals surface area contributed by atoms with E-state index in [0.717, 1.165) is 44.2 Å². The molecule has 0 unspecified atom stereocenters. The maximum Gasteiger partial charge on any atom is 0.306 e. The molecular formula is C17H31N3O2. The van der Waals surface area contributed by atoms with Crippen molar-refractivity contribution in [3.8, 4) is 0 Å². The fourth-order valence-electron chi connectivity index (χ4n) is 4.63. The largest absolute Gasteiger partial charge is 0.481 e. The molecule has 0 radical (unpaired) electrons. The number of rotatable bonds is 5. The van der Waals surface area contributed by atoms with Crippen molar-refractivity contribution in [2.24, 2.45) is 17.6 Å². The summed E-state index contributed by atoms with van der Waals surface area (Å²) < 4.78 is 0. The highest BCUT2D eigenvalue weighted by Gasteiger charge is 2.36. The summed E-state index contributed by atoms with van der Waals surface area (Å²) in [5, 5.41) is 9.10. The number of carboxylic acid groups (broad SMARTS) is 1. The van der Waals surface area contributed by atoms with Crippen LogP contribution in [0.2, 0.25) is 0 Å². The maximum absolute atomic E-state index is 11.0. The van der Waals surface area contributed by atoms with Crippen LogP contribution in [0.5, 0.6) is 0 Å². The molecule has 5 heteroatoms. The quantitative estimate of drug-likeness (QED) is 0.803. The number of carbonyl (C=O) groups is 1. The van der Waals surface area contributed by atoms with Gasteiger partial charge in [-0.1, -0.05) is 0 Å². The van der Waals surface area contributed by atoms with Gasteiger partial charge in [0.25, 0.3) is 0 Å². The summed E-state index contributed by atoms with van der Waals surface area (Å²) in [4.78, 5) is 16.3. The van der Waals surface area contributed by atoms with E-state index in [1.807, 2.05) is 0 Å². The Balaban J connectivity index is 1.37. The minimum absolute atomic E-state index is 0.0907. The van der Waals surface area contributed by atoms with E-state index in [0.29, 0.717) is 6.04 Å². The molecule has 0 aromatic heterocycles. The third-order valence-electron chi connectivity index (χ3n) is 6.21. The molecule has 1 saturated heterocycles. The third kappa shape index (κ3) is 3.63. The van der Waals surface area contributed by atoms with Crippen LogP contribution >= 0.6 is 0 Å². The molecule has 0 bridgehead atoms. The molecule has 2 aliphatic carbocycles. The second kappa shape index (κ2) is 7.28. The first-order valence-corrected chi connectivity index (χ1v) is 9.08. The van der Waals surface area contributed by atoms with Crippen molar-refractivity contribution in [3.63, 3.8) is 0 Å². The van der Waals surface area contributed by atoms with Gasteiger partial charge in [0.05, 0.1) is 5.92 Å². The van der Waals surface area contributed by atoms with Crippen LogP contribution < -0.4 is 5.73 Å². The molecule has 3 rings (SSSR count). The zero-order chi connectivity index (χ0) is 15.5. The number of carboxylic acids is 1. The van der Waals surface area contributed by atoms with Gasteiger partial charge >= 0.3 is 5.97 Å².